The molecule has 0 aromatic rings. The summed E-state index contributed by atoms with van der Waals surface area (Å²) < 4.78 is 15.8. The highest BCUT2D eigenvalue weighted by atomic mass is 32.2. The minimum Gasteiger partial charge on any atom is -0.481 e. The van der Waals surface area contributed by atoms with E-state index >= 15 is 0 Å². The number of rotatable bonds is 14. The van der Waals surface area contributed by atoms with Gasteiger partial charge in [-0.15, -0.1) is 0 Å². The number of unbranched alkanes of at least 4 members (excludes halogenated alkanes) is 3. The molecule has 0 amide bonds. The third-order valence-electron chi connectivity index (χ3n) is 3.83. The summed E-state index contributed by atoms with van der Waals surface area (Å²) >= 11 is 1.67. The summed E-state index contributed by atoms with van der Waals surface area (Å²) in [4.78, 5) is 22.7. The molecule has 1 heterocycles. The van der Waals surface area contributed by atoms with Crippen molar-refractivity contribution in [3.05, 3.63) is 0 Å². The zero-order valence-corrected chi connectivity index (χ0v) is 16.2. The highest BCUT2D eigenvalue weighted by Gasteiger charge is 2.26. The first-order valence-corrected chi connectivity index (χ1v) is 10.3. The molecule has 6 nitrogen and oxygen atoms in total. The first-order chi connectivity index (χ1) is 12.0. The second kappa shape index (κ2) is 13.4. The van der Waals surface area contributed by atoms with Crippen molar-refractivity contribution >= 4 is 23.7 Å². The smallest absolute Gasteiger partial charge is 0.307 e. The fraction of sp³-hybridized carbons (Fsp3) is 0.889. The first kappa shape index (κ1) is 22.3. The van der Waals surface area contributed by atoms with Crippen LogP contribution in [0.3, 0.4) is 0 Å². The highest BCUT2D eigenvalue weighted by Crippen LogP contribution is 2.20. The molecule has 1 aliphatic heterocycles. The van der Waals surface area contributed by atoms with E-state index < -0.39 is 11.9 Å². The molecule has 1 fully saturated rings. The van der Waals surface area contributed by atoms with Gasteiger partial charge < -0.3 is 19.3 Å². The van der Waals surface area contributed by atoms with E-state index in [2.05, 4.69) is 0 Å². The van der Waals surface area contributed by atoms with Crippen LogP contribution in [0.15, 0.2) is 0 Å². The van der Waals surface area contributed by atoms with E-state index in [0.29, 0.717) is 44.3 Å². The fourth-order valence-corrected chi connectivity index (χ4v) is 3.54. The summed E-state index contributed by atoms with van der Waals surface area (Å²) in [6.45, 7) is 5.64. The predicted octanol–water partition coefficient (Wildman–Crippen LogP) is 3.33. The van der Waals surface area contributed by atoms with Gasteiger partial charge in [-0.3, -0.25) is 9.59 Å². The Morgan fingerprint density at radius 2 is 1.84 bits per heavy atom. The van der Waals surface area contributed by atoms with Crippen LogP contribution in [0.5, 0.6) is 0 Å². The molecule has 25 heavy (non-hydrogen) atoms. The van der Waals surface area contributed by atoms with Crippen molar-refractivity contribution < 1.29 is 28.9 Å². The van der Waals surface area contributed by atoms with E-state index in [1.807, 2.05) is 13.8 Å². The van der Waals surface area contributed by atoms with E-state index in [0.717, 1.165) is 31.4 Å². The summed E-state index contributed by atoms with van der Waals surface area (Å²) in [6.07, 6.45) is 4.49. The van der Waals surface area contributed by atoms with E-state index in [1.165, 1.54) is 0 Å². The standard InChI is InChI=1S/C18H32O6S/c1-14(2)12-24-16(19)7-5-3-4-6-10-25-13-15(18(20)21)11-17-22-8-9-23-17/h14-15,17H,3-13H2,1-2H3,(H,20,21). The van der Waals surface area contributed by atoms with Crippen molar-refractivity contribution in [3.63, 3.8) is 0 Å². The minimum absolute atomic E-state index is 0.108. The number of hydrogen-bond donors (Lipinski definition) is 1. The topological polar surface area (TPSA) is 82.1 Å². The number of esters is 1. The lowest BCUT2D eigenvalue weighted by molar-refractivity contribution is -0.145. The van der Waals surface area contributed by atoms with Gasteiger partial charge in [0.05, 0.1) is 25.7 Å². The average Bonchev–Trinajstić information content (AvgIpc) is 3.07. The molecule has 1 aliphatic rings. The van der Waals surface area contributed by atoms with Crippen molar-refractivity contribution in [2.75, 3.05) is 31.3 Å². The van der Waals surface area contributed by atoms with Gasteiger partial charge >= 0.3 is 11.9 Å². The molecule has 1 rings (SSSR count). The predicted molar refractivity (Wildman–Crippen MR) is 97.6 cm³/mol. The lowest BCUT2D eigenvalue weighted by Crippen LogP contribution is -2.23. The molecular formula is C18H32O6S. The molecule has 7 heteroatoms. The largest absolute Gasteiger partial charge is 0.481 e. The van der Waals surface area contributed by atoms with Crippen LogP contribution in [0.4, 0.5) is 0 Å². The quantitative estimate of drug-likeness (QED) is 0.368. The number of carbonyl (C=O) groups is 2. The Kier molecular flexibility index (Phi) is 11.9. The van der Waals surface area contributed by atoms with Crippen molar-refractivity contribution in [2.24, 2.45) is 11.8 Å². The van der Waals surface area contributed by atoms with Crippen LogP contribution in [0.25, 0.3) is 0 Å². The molecule has 0 saturated carbocycles. The summed E-state index contributed by atoms with van der Waals surface area (Å²) in [5.41, 5.74) is 0. The molecule has 0 bridgehead atoms. The number of aliphatic carboxylic acids is 1. The third-order valence-corrected chi connectivity index (χ3v) is 5.05. The van der Waals surface area contributed by atoms with Crippen LogP contribution in [-0.4, -0.2) is 54.7 Å². The fourth-order valence-electron chi connectivity index (χ4n) is 2.40. The lowest BCUT2D eigenvalue weighted by Gasteiger charge is -2.15. The van der Waals surface area contributed by atoms with Crippen LogP contribution < -0.4 is 0 Å². The maximum Gasteiger partial charge on any atom is 0.307 e. The molecule has 0 radical (unpaired) electrons. The van der Waals surface area contributed by atoms with Gasteiger partial charge in [-0.1, -0.05) is 26.7 Å². The second-order valence-electron chi connectivity index (χ2n) is 6.76. The molecule has 0 spiro atoms. The molecule has 0 aromatic heterocycles. The molecule has 1 atom stereocenters. The van der Waals surface area contributed by atoms with Gasteiger partial charge in [0.1, 0.15) is 0 Å². The number of hydrogen-bond acceptors (Lipinski definition) is 6. The van der Waals surface area contributed by atoms with Gasteiger partial charge in [0.15, 0.2) is 6.29 Å². The second-order valence-corrected chi connectivity index (χ2v) is 7.91. The monoisotopic (exact) mass is 376 g/mol. The van der Waals surface area contributed by atoms with Crippen LogP contribution in [0, 0.1) is 11.8 Å². The normalized spacial score (nSPS) is 16.3. The molecule has 1 N–H and O–H groups in total. The Morgan fingerprint density at radius 1 is 1.16 bits per heavy atom. The van der Waals surface area contributed by atoms with E-state index in [-0.39, 0.29) is 12.3 Å². The van der Waals surface area contributed by atoms with Crippen LogP contribution in [0.1, 0.15) is 52.4 Å². The molecule has 0 aromatic carbocycles. The van der Waals surface area contributed by atoms with Crippen molar-refractivity contribution in [1.29, 1.82) is 0 Å². The van der Waals surface area contributed by atoms with Gasteiger partial charge in [-0.25, -0.2) is 0 Å². The first-order valence-electron chi connectivity index (χ1n) is 9.18. The number of carboxylic acids is 1. The maximum atomic E-state index is 11.5. The molecule has 0 aliphatic carbocycles. The SMILES string of the molecule is CC(C)COC(=O)CCCCCCSCC(CC1OCCO1)C(=O)O. The van der Waals surface area contributed by atoms with Gasteiger partial charge in [0.2, 0.25) is 0 Å². The van der Waals surface area contributed by atoms with Crippen molar-refractivity contribution in [3.8, 4) is 0 Å². The summed E-state index contributed by atoms with van der Waals surface area (Å²) in [5, 5.41) is 9.27. The summed E-state index contributed by atoms with van der Waals surface area (Å²) in [5.74, 6) is 0.579. The Morgan fingerprint density at radius 3 is 2.48 bits per heavy atom. The zero-order valence-electron chi connectivity index (χ0n) is 15.4. The van der Waals surface area contributed by atoms with Crippen LogP contribution in [0.2, 0.25) is 0 Å². The van der Waals surface area contributed by atoms with Gasteiger partial charge in [0, 0.05) is 18.6 Å². The summed E-state index contributed by atoms with van der Waals surface area (Å²) in [7, 11) is 0. The van der Waals surface area contributed by atoms with Gasteiger partial charge in [-0.05, 0) is 24.5 Å². The number of carboxylic acid groups (broad SMARTS) is 1. The lowest BCUT2D eigenvalue weighted by atomic mass is 10.1. The number of ether oxygens (including phenoxy) is 3. The Hall–Kier alpha value is -0.790. The Bertz CT molecular complexity index is 382. The van der Waals surface area contributed by atoms with E-state index in [4.69, 9.17) is 14.2 Å². The number of thioether (sulfide) groups is 1. The molecule has 1 unspecified atom stereocenters. The molecular weight excluding hydrogens is 344 g/mol. The van der Waals surface area contributed by atoms with Gasteiger partial charge in [-0.2, -0.15) is 11.8 Å². The van der Waals surface area contributed by atoms with Crippen LogP contribution in [-0.2, 0) is 23.8 Å². The van der Waals surface area contributed by atoms with Crippen LogP contribution >= 0.6 is 11.8 Å². The molecule has 1 saturated heterocycles. The van der Waals surface area contributed by atoms with Crippen molar-refractivity contribution in [2.45, 2.75) is 58.7 Å². The molecule has 146 valence electrons. The Labute approximate surface area is 155 Å². The van der Waals surface area contributed by atoms with Crippen molar-refractivity contribution in [1.82, 2.24) is 0 Å². The summed E-state index contributed by atoms with van der Waals surface area (Å²) in [6, 6.07) is 0. The Balaban J connectivity index is 1.97. The zero-order chi connectivity index (χ0) is 18.5. The maximum absolute atomic E-state index is 11.5. The minimum atomic E-state index is -0.786. The third kappa shape index (κ3) is 11.4. The number of carbonyl (C=O) groups excluding carboxylic acids is 1. The van der Waals surface area contributed by atoms with E-state index in [9.17, 15) is 14.7 Å². The van der Waals surface area contributed by atoms with Gasteiger partial charge in [0.25, 0.3) is 0 Å². The highest BCUT2D eigenvalue weighted by molar-refractivity contribution is 7.99. The average molecular weight is 377 g/mol. The van der Waals surface area contributed by atoms with E-state index in [1.54, 1.807) is 11.8 Å².